The smallest absolute Gasteiger partial charge is 0.421 e. The Morgan fingerprint density at radius 2 is 2.21 bits per heavy atom. The van der Waals surface area contributed by atoms with Crippen molar-refractivity contribution >= 4 is 6.09 Å². The highest BCUT2D eigenvalue weighted by Gasteiger charge is 2.21. The second-order valence-electron chi connectivity index (χ2n) is 4.91. The Bertz CT molecular complexity index is 397. The molecule has 0 spiro atoms. The van der Waals surface area contributed by atoms with Crippen LogP contribution >= 0.6 is 0 Å². The summed E-state index contributed by atoms with van der Waals surface area (Å²) in [5, 5.41) is 3.29. The van der Waals surface area contributed by atoms with Crippen molar-refractivity contribution in [2.24, 2.45) is 5.92 Å². The molecule has 0 radical (unpaired) electrons. The molecule has 1 aromatic carbocycles. The van der Waals surface area contributed by atoms with Crippen LogP contribution in [-0.2, 0) is 11.3 Å². The van der Waals surface area contributed by atoms with Gasteiger partial charge < -0.3 is 10.1 Å². The number of piperidine rings is 1. The number of nitrogens with one attached hydrogen (secondary N) is 3. The van der Waals surface area contributed by atoms with E-state index in [0.717, 1.165) is 25.1 Å². The molecule has 2 unspecified atom stereocenters. The Kier molecular flexibility index (Phi) is 5.18. The second-order valence-corrected chi connectivity index (χ2v) is 4.91. The predicted octanol–water partition coefficient (Wildman–Crippen LogP) is 1.42. The molecule has 1 amide bonds. The molecule has 2 atom stereocenters. The maximum atomic E-state index is 11.5. The topological polar surface area (TPSA) is 62.4 Å². The lowest BCUT2D eigenvalue weighted by atomic mass is 9.95. The van der Waals surface area contributed by atoms with E-state index in [1.54, 1.807) is 0 Å². The minimum Gasteiger partial charge on any atom is -0.444 e. The van der Waals surface area contributed by atoms with E-state index in [0.29, 0.717) is 5.92 Å². The molecule has 1 fully saturated rings. The van der Waals surface area contributed by atoms with Crippen molar-refractivity contribution in [3.8, 4) is 0 Å². The van der Waals surface area contributed by atoms with Gasteiger partial charge in [0.25, 0.3) is 0 Å². The normalized spacial score (nSPS) is 22.8. The molecule has 0 aliphatic carbocycles. The lowest BCUT2D eigenvalue weighted by Gasteiger charge is -2.30. The first-order valence-corrected chi connectivity index (χ1v) is 6.68. The molecule has 19 heavy (non-hydrogen) atoms. The fraction of sp³-hybridized carbons (Fsp3) is 0.500. The zero-order valence-corrected chi connectivity index (χ0v) is 11.2. The maximum Gasteiger partial charge on any atom is 0.421 e. The van der Waals surface area contributed by atoms with Gasteiger partial charge in [-0.05, 0) is 24.4 Å². The fourth-order valence-corrected chi connectivity index (χ4v) is 2.09. The minimum atomic E-state index is -0.443. The average molecular weight is 263 g/mol. The lowest BCUT2D eigenvalue weighted by molar-refractivity contribution is 0.129. The molecule has 0 aromatic heterocycles. The predicted molar refractivity (Wildman–Crippen MR) is 73.3 cm³/mol. The van der Waals surface area contributed by atoms with Crippen LogP contribution in [0.25, 0.3) is 0 Å². The van der Waals surface area contributed by atoms with Crippen LogP contribution in [-0.4, -0.2) is 25.2 Å². The summed E-state index contributed by atoms with van der Waals surface area (Å²) in [5.74, 6) is 0.538. The summed E-state index contributed by atoms with van der Waals surface area (Å²) in [4.78, 5) is 11.5. The number of amides is 1. The van der Waals surface area contributed by atoms with E-state index in [1.165, 1.54) is 0 Å². The third-order valence-corrected chi connectivity index (χ3v) is 3.40. The molecule has 1 aliphatic heterocycles. The van der Waals surface area contributed by atoms with Crippen molar-refractivity contribution in [2.45, 2.75) is 26.0 Å². The quantitative estimate of drug-likeness (QED) is 0.719. The van der Waals surface area contributed by atoms with Crippen LogP contribution in [0.1, 0.15) is 18.9 Å². The highest BCUT2D eigenvalue weighted by Crippen LogP contribution is 2.10. The van der Waals surface area contributed by atoms with Crippen molar-refractivity contribution in [1.29, 1.82) is 0 Å². The minimum absolute atomic E-state index is 0.248. The van der Waals surface area contributed by atoms with Gasteiger partial charge in [-0.25, -0.2) is 10.2 Å². The van der Waals surface area contributed by atoms with Gasteiger partial charge in [0, 0.05) is 12.6 Å². The van der Waals surface area contributed by atoms with Gasteiger partial charge in [-0.3, -0.25) is 5.43 Å². The Morgan fingerprint density at radius 1 is 1.42 bits per heavy atom. The Balaban J connectivity index is 1.67. The standard InChI is InChI=1S/C14H21N3O2/c1-11-7-8-15-9-13(11)16-17-14(18)19-10-12-5-3-2-4-6-12/h2-6,11,13,15-16H,7-10H2,1H3,(H,17,18). The summed E-state index contributed by atoms with van der Waals surface area (Å²) in [7, 11) is 0. The fourth-order valence-electron chi connectivity index (χ4n) is 2.09. The summed E-state index contributed by atoms with van der Waals surface area (Å²) >= 11 is 0. The lowest BCUT2D eigenvalue weighted by Crippen LogP contribution is -2.54. The molecule has 5 heteroatoms. The summed E-state index contributed by atoms with van der Waals surface area (Å²) in [6.07, 6.45) is 0.667. The molecule has 1 heterocycles. The number of ether oxygens (including phenoxy) is 1. The third kappa shape index (κ3) is 4.54. The van der Waals surface area contributed by atoms with Crippen molar-refractivity contribution < 1.29 is 9.53 Å². The third-order valence-electron chi connectivity index (χ3n) is 3.40. The Morgan fingerprint density at radius 3 is 2.95 bits per heavy atom. The number of benzene rings is 1. The van der Waals surface area contributed by atoms with Gasteiger partial charge in [0.15, 0.2) is 0 Å². The van der Waals surface area contributed by atoms with E-state index in [1.807, 2.05) is 30.3 Å². The number of carbonyl (C=O) groups is 1. The van der Waals surface area contributed by atoms with E-state index >= 15 is 0 Å². The first-order chi connectivity index (χ1) is 9.25. The van der Waals surface area contributed by atoms with Gasteiger partial charge in [0.1, 0.15) is 6.61 Å². The summed E-state index contributed by atoms with van der Waals surface area (Å²) in [6, 6.07) is 9.87. The largest absolute Gasteiger partial charge is 0.444 e. The summed E-state index contributed by atoms with van der Waals surface area (Å²) < 4.78 is 5.12. The van der Waals surface area contributed by atoms with Crippen molar-refractivity contribution in [2.75, 3.05) is 13.1 Å². The van der Waals surface area contributed by atoms with Gasteiger partial charge in [-0.15, -0.1) is 0 Å². The number of rotatable bonds is 4. The number of carbonyl (C=O) groups excluding carboxylic acids is 1. The van der Waals surface area contributed by atoms with E-state index in [-0.39, 0.29) is 12.6 Å². The number of hydrogen-bond donors (Lipinski definition) is 3. The molecule has 0 saturated carbocycles. The molecular weight excluding hydrogens is 242 g/mol. The van der Waals surface area contributed by atoms with E-state index < -0.39 is 6.09 Å². The molecular formula is C14H21N3O2. The van der Waals surface area contributed by atoms with E-state index in [9.17, 15) is 4.79 Å². The first kappa shape index (κ1) is 13.8. The zero-order chi connectivity index (χ0) is 13.5. The van der Waals surface area contributed by atoms with Crippen LogP contribution in [0.3, 0.4) is 0 Å². The maximum absolute atomic E-state index is 11.5. The second kappa shape index (κ2) is 7.11. The van der Waals surface area contributed by atoms with Gasteiger partial charge in [-0.1, -0.05) is 37.3 Å². The molecule has 0 bridgehead atoms. The first-order valence-electron chi connectivity index (χ1n) is 6.68. The SMILES string of the molecule is CC1CCNCC1NNC(=O)OCc1ccccc1. The van der Waals surface area contributed by atoms with Gasteiger partial charge in [-0.2, -0.15) is 0 Å². The van der Waals surface area contributed by atoms with Crippen LogP contribution in [0.5, 0.6) is 0 Å². The zero-order valence-electron chi connectivity index (χ0n) is 11.2. The van der Waals surface area contributed by atoms with Crippen LogP contribution < -0.4 is 16.2 Å². The molecule has 1 aliphatic rings. The molecule has 1 aromatic rings. The van der Waals surface area contributed by atoms with Crippen molar-refractivity contribution in [3.05, 3.63) is 35.9 Å². The van der Waals surface area contributed by atoms with Crippen LogP contribution in [0, 0.1) is 5.92 Å². The van der Waals surface area contributed by atoms with E-state index in [4.69, 9.17) is 4.74 Å². The van der Waals surface area contributed by atoms with Crippen LogP contribution in [0.4, 0.5) is 4.79 Å². The number of hydrazine groups is 1. The molecule has 2 rings (SSSR count). The molecule has 5 nitrogen and oxygen atoms in total. The monoisotopic (exact) mass is 263 g/mol. The molecule has 1 saturated heterocycles. The Labute approximate surface area is 113 Å². The highest BCUT2D eigenvalue weighted by molar-refractivity contribution is 5.66. The Hall–Kier alpha value is -1.59. The summed E-state index contributed by atoms with van der Waals surface area (Å²) in [5.41, 5.74) is 6.60. The molecule has 104 valence electrons. The number of hydrogen-bond acceptors (Lipinski definition) is 4. The van der Waals surface area contributed by atoms with Crippen LogP contribution in [0.2, 0.25) is 0 Å². The van der Waals surface area contributed by atoms with Gasteiger partial charge >= 0.3 is 6.09 Å². The summed E-state index contributed by atoms with van der Waals surface area (Å²) in [6.45, 7) is 4.36. The highest BCUT2D eigenvalue weighted by atomic mass is 16.6. The van der Waals surface area contributed by atoms with Gasteiger partial charge in [0.05, 0.1) is 0 Å². The van der Waals surface area contributed by atoms with Crippen molar-refractivity contribution in [3.63, 3.8) is 0 Å². The average Bonchev–Trinajstić information content (AvgIpc) is 2.45. The van der Waals surface area contributed by atoms with Crippen molar-refractivity contribution in [1.82, 2.24) is 16.2 Å². The van der Waals surface area contributed by atoms with Crippen LogP contribution in [0.15, 0.2) is 30.3 Å². The van der Waals surface area contributed by atoms with Gasteiger partial charge in [0.2, 0.25) is 0 Å². The molecule has 3 N–H and O–H groups in total. The van der Waals surface area contributed by atoms with E-state index in [2.05, 4.69) is 23.1 Å².